The largest absolute Gasteiger partial charge is 0.311 e. The first kappa shape index (κ1) is 29.2. The maximum absolute atomic E-state index is 4.03. The first-order valence-electron chi connectivity index (χ1n) is 15.3. The Bertz CT molecular complexity index is 1830. The molecule has 0 radical (unpaired) electrons. The highest BCUT2D eigenvalue weighted by molar-refractivity contribution is 5.83. The molecule has 0 aliphatic heterocycles. The van der Waals surface area contributed by atoms with Gasteiger partial charge in [0.25, 0.3) is 0 Å². The Kier molecular flexibility index (Phi) is 9.14. The molecule has 0 saturated carbocycles. The molecule has 218 valence electrons. The standard InChI is InChI=1S/C43H36N2/c1-3-5-15-34(4-2)36-22-26-40(27-23-36)45(41-28-24-37(25-29-41)35-16-9-6-10-17-35)43-32-30-42(31-33-43)44(38-18-11-7-12-19-38)39-20-13-8-14-21-39/h3-33H,2H2,1H3/b5-3-,34-15+. The summed E-state index contributed by atoms with van der Waals surface area (Å²) in [6, 6.07) is 57.8. The van der Waals surface area contributed by atoms with Crippen LogP contribution in [0.15, 0.2) is 195 Å². The Labute approximate surface area is 267 Å². The van der Waals surface area contributed by atoms with E-state index in [1.165, 1.54) is 11.1 Å². The van der Waals surface area contributed by atoms with E-state index in [2.05, 4.69) is 186 Å². The number of hydrogen-bond acceptors (Lipinski definition) is 2. The average molecular weight is 581 g/mol. The Morgan fingerprint density at radius 3 is 1.22 bits per heavy atom. The summed E-state index contributed by atoms with van der Waals surface area (Å²) in [4.78, 5) is 4.59. The summed E-state index contributed by atoms with van der Waals surface area (Å²) < 4.78 is 0. The number of para-hydroxylation sites is 2. The molecular formula is C43H36N2. The third-order valence-electron chi connectivity index (χ3n) is 7.77. The first-order valence-corrected chi connectivity index (χ1v) is 15.3. The highest BCUT2D eigenvalue weighted by Crippen LogP contribution is 2.39. The van der Waals surface area contributed by atoms with Crippen LogP contribution in [0, 0.1) is 0 Å². The zero-order valence-electron chi connectivity index (χ0n) is 25.5. The van der Waals surface area contributed by atoms with Crippen LogP contribution in [0.25, 0.3) is 16.7 Å². The lowest BCUT2D eigenvalue weighted by molar-refractivity contribution is 1.25. The minimum atomic E-state index is 1.08. The van der Waals surface area contributed by atoms with E-state index < -0.39 is 0 Å². The van der Waals surface area contributed by atoms with Gasteiger partial charge in [-0.3, -0.25) is 0 Å². The van der Waals surface area contributed by atoms with E-state index in [-0.39, 0.29) is 0 Å². The van der Waals surface area contributed by atoms with Crippen molar-refractivity contribution in [2.45, 2.75) is 6.92 Å². The van der Waals surface area contributed by atoms with Gasteiger partial charge in [-0.1, -0.05) is 122 Å². The zero-order valence-corrected chi connectivity index (χ0v) is 25.5. The molecule has 0 saturated heterocycles. The van der Waals surface area contributed by atoms with Crippen LogP contribution in [-0.4, -0.2) is 0 Å². The molecule has 2 heteroatoms. The second kappa shape index (κ2) is 14.1. The van der Waals surface area contributed by atoms with Crippen LogP contribution in [0.4, 0.5) is 34.1 Å². The zero-order chi connectivity index (χ0) is 30.8. The van der Waals surface area contributed by atoms with Gasteiger partial charge in [-0.05, 0) is 102 Å². The fourth-order valence-electron chi connectivity index (χ4n) is 5.52. The van der Waals surface area contributed by atoms with Crippen molar-refractivity contribution >= 4 is 39.7 Å². The van der Waals surface area contributed by atoms with E-state index >= 15 is 0 Å². The van der Waals surface area contributed by atoms with Crippen molar-refractivity contribution in [3.8, 4) is 11.1 Å². The van der Waals surface area contributed by atoms with Gasteiger partial charge in [-0.15, -0.1) is 0 Å². The summed E-state index contributed by atoms with van der Waals surface area (Å²) in [5.41, 5.74) is 11.2. The minimum absolute atomic E-state index is 1.08. The monoisotopic (exact) mass is 580 g/mol. The minimum Gasteiger partial charge on any atom is -0.311 e. The second-order valence-corrected chi connectivity index (χ2v) is 10.7. The summed E-state index contributed by atoms with van der Waals surface area (Å²) in [5, 5.41) is 0. The van der Waals surface area contributed by atoms with Crippen LogP contribution >= 0.6 is 0 Å². The number of hydrogen-bond donors (Lipinski definition) is 0. The molecular weight excluding hydrogens is 544 g/mol. The SMILES string of the molecule is C=C/C(=C\C=C/C)c1ccc(N(c2ccc(-c3ccccc3)cc2)c2ccc(N(c3ccccc3)c3ccccc3)cc2)cc1. The number of allylic oxidation sites excluding steroid dienone is 5. The van der Waals surface area contributed by atoms with Crippen LogP contribution in [0.3, 0.4) is 0 Å². The van der Waals surface area contributed by atoms with Crippen molar-refractivity contribution in [3.05, 3.63) is 200 Å². The topological polar surface area (TPSA) is 6.48 Å². The van der Waals surface area contributed by atoms with Gasteiger partial charge >= 0.3 is 0 Å². The molecule has 0 amide bonds. The molecule has 6 aromatic rings. The van der Waals surface area contributed by atoms with Gasteiger partial charge in [-0.2, -0.15) is 0 Å². The lowest BCUT2D eigenvalue weighted by Gasteiger charge is -2.28. The van der Waals surface area contributed by atoms with Crippen LogP contribution in [0.5, 0.6) is 0 Å². The fraction of sp³-hybridized carbons (Fsp3) is 0.0233. The third kappa shape index (κ3) is 6.71. The molecule has 0 heterocycles. The van der Waals surface area contributed by atoms with Crippen molar-refractivity contribution in [2.75, 3.05) is 9.80 Å². The Morgan fingerprint density at radius 1 is 0.444 bits per heavy atom. The highest BCUT2D eigenvalue weighted by atomic mass is 15.2. The molecule has 0 N–H and O–H groups in total. The summed E-state index contributed by atoms with van der Waals surface area (Å²) >= 11 is 0. The normalized spacial score (nSPS) is 11.4. The Hall–Kier alpha value is -5.86. The van der Waals surface area contributed by atoms with Crippen LogP contribution in [0.2, 0.25) is 0 Å². The molecule has 0 fully saturated rings. The van der Waals surface area contributed by atoms with Crippen molar-refractivity contribution in [3.63, 3.8) is 0 Å². The van der Waals surface area contributed by atoms with Gasteiger partial charge in [0.05, 0.1) is 0 Å². The summed E-state index contributed by atoms with van der Waals surface area (Å²) in [6.45, 7) is 6.05. The quantitative estimate of drug-likeness (QED) is 0.149. The predicted molar refractivity (Wildman–Crippen MR) is 194 cm³/mol. The molecule has 6 aromatic carbocycles. The molecule has 45 heavy (non-hydrogen) atoms. The molecule has 0 bridgehead atoms. The lowest BCUT2D eigenvalue weighted by Crippen LogP contribution is -2.12. The number of nitrogens with zero attached hydrogens (tertiary/aromatic N) is 2. The molecule has 0 aromatic heterocycles. The van der Waals surface area contributed by atoms with E-state index in [0.29, 0.717) is 0 Å². The van der Waals surface area contributed by atoms with Gasteiger partial charge in [-0.25, -0.2) is 0 Å². The van der Waals surface area contributed by atoms with E-state index in [1.54, 1.807) is 0 Å². The van der Waals surface area contributed by atoms with E-state index in [4.69, 9.17) is 0 Å². The maximum atomic E-state index is 4.03. The predicted octanol–water partition coefficient (Wildman–Crippen LogP) is 12.4. The highest BCUT2D eigenvalue weighted by Gasteiger charge is 2.16. The van der Waals surface area contributed by atoms with Gasteiger partial charge < -0.3 is 9.80 Å². The summed E-state index contributed by atoms with van der Waals surface area (Å²) in [6.07, 6.45) is 8.06. The van der Waals surface area contributed by atoms with Gasteiger partial charge in [0.2, 0.25) is 0 Å². The fourth-order valence-corrected chi connectivity index (χ4v) is 5.52. The smallest absolute Gasteiger partial charge is 0.0463 e. The van der Waals surface area contributed by atoms with E-state index in [1.807, 2.05) is 25.2 Å². The van der Waals surface area contributed by atoms with Crippen molar-refractivity contribution in [2.24, 2.45) is 0 Å². The lowest BCUT2D eigenvalue weighted by atomic mass is 10.0. The molecule has 6 rings (SSSR count). The molecule has 0 aliphatic carbocycles. The van der Waals surface area contributed by atoms with Crippen LogP contribution < -0.4 is 9.80 Å². The third-order valence-corrected chi connectivity index (χ3v) is 7.77. The number of benzene rings is 6. The number of rotatable bonds is 10. The van der Waals surface area contributed by atoms with E-state index in [0.717, 1.165) is 45.3 Å². The average Bonchev–Trinajstić information content (AvgIpc) is 3.12. The van der Waals surface area contributed by atoms with Gasteiger partial charge in [0.1, 0.15) is 0 Å². The number of anilines is 6. The second-order valence-electron chi connectivity index (χ2n) is 10.7. The van der Waals surface area contributed by atoms with Gasteiger partial charge in [0, 0.05) is 34.1 Å². The maximum Gasteiger partial charge on any atom is 0.0463 e. The van der Waals surface area contributed by atoms with Crippen LogP contribution in [0.1, 0.15) is 12.5 Å². The van der Waals surface area contributed by atoms with E-state index in [9.17, 15) is 0 Å². The first-order chi connectivity index (χ1) is 22.2. The van der Waals surface area contributed by atoms with Crippen molar-refractivity contribution in [1.82, 2.24) is 0 Å². The van der Waals surface area contributed by atoms with Gasteiger partial charge in [0.15, 0.2) is 0 Å². The molecule has 0 atom stereocenters. The molecule has 0 aliphatic rings. The molecule has 0 spiro atoms. The van der Waals surface area contributed by atoms with Crippen molar-refractivity contribution < 1.29 is 0 Å². The Balaban J connectivity index is 1.40. The molecule has 2 nitrogen and oxygen atoms in total. The Morgan fingerprint density at radius 2 is 0.800 bits per heavy atom. The van der Waals surface area contributed by atoms with Crippen molar-refractivity contribution in [1.29, 1.82) is 0 Å². The summed E-state index contributed by atoms with van der Waals surface area (Å²) in [7, 11) is 0. The van der Waals surface area contributed by atoms with Crippen LogP contribution in [-0.2, 0) is 0 Å². The molecule has 0 unspecified atom stereocenters. The summed E-state index contributed by atoms with van der Waals surface area (Å²) in [5.74, 6) is 0.